The van der Waals surface area contributed by atoms with E-state index in [-0.39, 0.29) is 32.2 Å². The first-order chi connectivity index (χ1) is 26.0. The largest absolute Gasteiger partial charge is 0.472 e. The Bertz CT molecular complexity index is 980. The fraction of sp³-hybridized carbons (Fsp3) is 0.841. The summed E-state index contributed by atoms with van der Waals surface area (Å²) in [4.78, 5) is 22.9. The SMILES string of the molecule is CC/C=C/CC(O)/C=C/C=C/CCCCCCCC(=O)OC(COCCCCCCCCCCCCCCCCCC)COP(=O)(O)OCC[N+](C)(C)C. The number of carbonyl (C=O) groups is 1. The van der Waals surface area contributed by atoms with Crippen LogP contribution in [0.15, 0.2) is 36.5 Å². The summed E-state index contributed by atoms with van der Waals surface area (Å²) in [5.41, 5.74) is 0. The highest BCUT2D eigenvalue weighted by atomic mass is 31.2. The highest BCUT2D eigenvalue weighted by Crippen LogP contribution is 2.43. The first-order valence-electron chi connectivity index (χ1n) is 21.8. The normalized spacial score (nSPS) is 14.7. The lowest BCUT2D eigenvalue weighted by molar-refractivity contribution is -0.870. The molecule has 9 nitrogen and oxygen atoms in total. The van der Waals surface area contributed by atoms with E-state index in [9.17, 15) is 19.4 Å². The molecule has 0 aromatic carbocycles. The number of hydrogen-bond acceptors (Lipinski definition) is 7. The van der Waals surface area contributed by atoms with Crippen LogP contribution in [0.5, 0.6) is 0 Å². The van der Waals surface area contributed by atoms with E-state index < -0.39 is 20.0 Å². The van der Waals surface area contributed by atoms with Gasteiger partial charge in [-0.2, -0.15) is 0 Å². The number of allylic oxidation sites excluding steroid dienone is 4. The molecule has 318 valence electrons. The molecule has 0 aromatic heterocycles. The Morgan fingerprint density at radius 2 is 1.22 bits per heavy atom. The molecular weight excluding hydrogens is 701 g/mol. The summed E-state index contributed by atoms with van der Waals surface area (Å²) in [6, 6.07) is 0. The average molecular weight is 787 g/mol. The van der Waals surface area contributed by atoms with Gasteiger partial charge >= 0.3 is 13.8 Å². The third-order valence-corrected chi connectivity index (χ3v) is 10.3. The summed E-state index contributed by atoms with van der Waals surface area (Å²) in [6.07, 6.45) is 39.3. The van der Waals surface area contributed by atoms with Gasteiger partial charge in [-0.1, -0.05) is 166 Å². The lowest BCUT2D eigenvalue weighted by Gasteiger charge is -2.24. The predicted molar refractivity (Wildman–Crippen MR) is 226 cm³/mol. The Labute approximate surface area is 332 Å². The quantitative estimate of drug-likeness (QED) is 0.0158. The zero-order valence-corrected chi connectivity index (χ0v) is 36.5. The van der Waals surface area contributed by atoms with E-state index in [1.165, 1.54) is 89.9 Å². The zero-order chi connectivity index (χ0) is 40.0. The van der Waals surface area contributed by atoms with Crippen LogP contribution in [0.1, 0.15) is 174 Å². The molecule has 0 fully saturated rings. The second-order valence-electron chi connectivity index (χ2n) is 15.9. The average Bonchev–Trinajstić information content (AvgIpc) is 3.11. The number of phosphoric ester groups is 1. The molecule has 2 N–H and O–H groups in total. The summed E-state index contributed by atoms with van der Waals surface area (Å²) in [5.74, 6) is -0.351. The summed E-state index contributed by atoms with van der Waals surface area (Å²) >= 11 is 0. The molecule has 0 rings (SSSR count). The van der Waals surface area contributed by atoms with Crippen molar-refractivity contribution in [2.24, 2.45) is 0 Å². The zero-order valence-electron chi connectivity index (χ0n) is 35.6. The lowest BCUT2D eigenvalue weighted by atomic mass is 10.0. The summed E-state index contributed by atoms with van der Waals surface area (Å²) in [5, 5.41) is 9.89. The summed E-state index contributed by atoms with van der Waals surface area (Å²) in [7, 11) is 1.62. The molecule has 0 aliphatic carbocycles. The molecule has 0 aromatic rings. The first-order valence-corrected chi connectivity index (χ1v) is 23.3. The van der Waals surface area contributed by atoms with Crippen LogP contribution in [0.2, 0.25) is 0 Å². The fourth-order valence-corrected chi connectivity index (χ4v) is 6.62. The van der Waals surface area contributed by atoms with Crippen molar-refractivity contribution >= 4 is 13.8 Å². The Hall–Kier alpha value is -1.32. The van der Waals surface area contributed by atoms with Crippen molar-refractivity contribution < 1.29 is 42.4 Å². The standard InChI is InChI=1S/C44H84NO8P/c1-6-8-10-11-12-13-14-15-16-17-18-19-23-26-29-33-38-50-40-43(41-52-54(48,49)51-39-37-45(3,4)5)53-44(47)36-32-28-25-22-20-21-24-27-31-35-42(46)34-30-9-7-2/h9,24,27,30-31,35,42-43,46H,6-8,10-23,25-26,28-29,32-34,36-41H2,1-5H3/p+1/b27-24+,30-9+,35-31+. The van der Waals surface area contributed by atoms with Crippen molar-refractivity contribution in [1.29, 1.82) is 0 Å². The minimum Gasteiger partial charge on any atom is -0.457 e. The molecule has 0 saturated carbocycles. The molecule has 54 heavy (non-hydrogen) atoms. The number of ether oxygens (including phenoxy) is 2. The van der Waals surface area contributed by atoms with Crippen LogP contribution in [0.4, 0.5) is 0 Å². The molecule has 0 aliphatic rings. The van der Waals surface area contributed by atoms with Crippen LogP contribution in [0, 0.1) is 0 Å². The van der Waals surface area contributed by atoms with Gasteiger partial charge < -0.3 is 24.0 Å². The van der Waals surface area contributed by atoms with E-state index in [0.717, 1.165) is 57.8 Å². The Morgan fingerprint density at radius 1 is 0.667 bits per heavy atom. The van der Waals surface area contributed by atoms with Crippen LogP contribution in [-0.2, 0) is 27.9 Å². The molecule has 0 radical (unpaired) electrons. The van der Waals surface area contributed by atoms with Crippen molar-refractivity contribution in [2.75, 3.05) is 54.1 Å². The highest BCUT2D eigenvalue weighted by molar-refractivity contribution is 7.47. The molecule has 3 atom stereocenters. The lowest BCUT2D eigenvalue weighted by Crippen LogP contribution is -2.37. The summed E-state index contributed by atoms with van der Waals surface area (Å²) < 4.78 is 34.9. The Kier molecular flexibility index (Phi) is 36.4. The molecule has 0 saturated heterocycles. The van der Waals surface area contributed by atoms with Crippen LogP contribution < -0.4 is 0 Å². The topological polar surface area (TPSA) is 112 Å². The van der Waals surface area contributed by atoms with E-state index in [1.54, 1.807) is 0 Å². The Balaban J connectivity index is 4.29. The number of phosphoric acid groups is 1. The second-order valence-corrected chi connectivity index (χ2v) is 17.4. The molecule has 0 bridgehead atoms. The molecular formula is C44H85NO8P+. The van der Waals surface area contributed by atoms with Gasteiger partial charge in [0.2, 0.25) is 0 Å². The van der Waals surface area contributed by atoms with Crippen molar-refractivity contribution in [1.82, 2.24) is 0 Å². The summed E-state index contributed by atoms with van der Waals surface area (Å²) in [6.45, 7) is 5.37. The van der Waals surface area contributed by atoms with Crippen LogP contribution >= 0.6 is 7.82 Å². The van der Waals surface area contributed by atoms with E-state index in [2.05, 4.69) is 26.0 Å². The monoisotopic (exact) mass is 787 g/mol. The van der Waals surface area contributed by atoms with Gasteiger partial charge in [-0.05, 0) is 38.5 Å². The first kappa shape index (κ1) is 52.7. The number of quaternary nitrogens is 1. The third-order valence-electron chi connectivity index (χ3n) is 9.30. The van der Waals surface area contributed by atoms with Crippen LogP contribution in [0.3, 0.4) is 0 Å². The van der Waals surface area contributed by atoms with Gasteiger partial charge in [0.05, 0.1) is 40.5 Å². The molecule has 0 aliphatic heterocycles. The van der Waals surface area contributed by atoms with Gasteiger partial charge in [-0.3, -0.25) is 13.8 Å². The number of carbonyl (C=O) groups excluding carboxylic acids is 1. The number of nitrogens with zero attached hydrogens (tertiary/aromatic N) is 1. The molecule has 0 heterocycles. The molecule has 0 spiro atoms. The number of rotatable bonds is 40. The van der Waals surface area contributed by atoms with E-state index in [0.29, 0.717) is 24.1 Å². The van der Waals surface area contributed by atoms with Crippen LogP contribution in [0.25, 0.3) is 0 Å². The number of likely N-dealkylation sites (N-methyl/N-ethyl adjacent to an activating group) is 1. The van der Waals surface area contributed by atoms with E-state index >= 15 is 0 Å². The number of aliphatic hydroxyl groups is 1. The Morgan fingerprint density at radius 3 is 1.80 bits per heavy atom. The molecule has 10 heteroatoms. The smallest absolute Gasteiger partial charge is 0.457 e. The molecule has 0 amide bonds. The maximum absolute atomic E-state index is 12.7. The minimum absolute atomic E-state index is 0.0756. The van der Waals surface area contributed by atoms with Gasteiger partial charge in [0.15, 0.2) is 0 Å². The number of esters is 1. The minimum atomic E-state index is -4.29. The van der Waals surface area contributed by atoms with Gasteiger partial charge in [-0.15, -0.1) is 0 Å². The van der Waals surface area contributed by atoms with Crippen molar-refractivity contribution in [3.63, 3.8) is 0 Å². The van der Waals surface area contributed by atoms with Gasteiger partial charge in [0, 0.05) is 13.0 Å². The third kappa shape index (κ3) is 40.3. The van der Waals surface area contributed by atoms with Crippen molar-refractivity contribution in [3.8, 4) is 0 Å². The maximum atomic E-state index is 12.7. The number of aliphatic hydroxyl groups excluding tert-OH is 1. The van der Waals surface area contributed by atoms with Gasteiger partial charge in [0.25, 0.3) is 0 Å². The van der Waals surface area contributed by atoms with Crippen molar-refractivity contribution in [2.45, 2.75) is 187 Å². The number of hydrogen-bond donors (Lipinski definition) is 2. The highest BCUT2D eigenvalue weighted by Gasteiger charge is 2.26. The van der Waals surface area contributed by atoms with Gasteiger partial charge in [0.1, 0.15) is 19.3 Å². The van der Waals surface area contributed by atoms with E-state index in [4.69, 9.17) is 18.5 Å². The maximum Gasteiger partial charge on any atom is 0.472 e. The van der Waals surface area contributed by atoms with Crippen molar-refractivity contribution in [3.05, 3.63) is 36.5 Å². The number of unbranched alkanes of at least 4 members (excludes halogenated alkanes) is 20. The van der Waals surface area contributed by atoms with Gasteiger partial charge in [-0.25, -0.2) is 4.57 Å². The van der Waals surface area contributed by atoms with Crippen LogP contribution in [-0.4, -0.2) is 86.8 Å². The molecule has 3 unspecified atom stereocenters. The van der Waals surface area contributed by atoms with E-state index in [1.807, 2.05) is 45.4 Å². The second kappa shape index (κ2) is 37.3. The predicted octanol–water partition coefficient (Wildman–Crippen LogP) is 11.6. The fourth-order valence-electron chi connectivity index (χ4n) is 5.88.